The minimum absolute atomic E-state index is 0.179. The molecule has 0 saturated heterocycles. The minimum atomic E-state index is -0.179. The van der Waals surface area contributed by atoms with E-state index >= 15 is 0 Å². The maximum Gasteiger partial charge on any atom is 0.257 e. The summed E-state index contributed by atoms with van der Waals surface area (Å²) in [5.74, 6) is -0.179. The summed E-state index contributed by atoms with van der Waals surface area (Å²) in [6, 6.07) is 16.8. The highest BCUT2D eigenvalue weighted by atomic mass is 16.1. The summed E-state index contributed by atoms with van der Waals surface area (Å²) in [7, 11) is 0. The quantitative estimate of drug-likeness (QED) is 0.797. The van der Waals surface area contributed by atoms with Gasteiger partial charge < -0.3 is 5.32 Å². The van der Waals surface area contributed by atoms with Crippen molar-refractivity contribution in [1.29, 1.82) is 0 Å². The Bertz CT molecular complexity index is 742. The number of aromatic nitrogens is 2. The zero-order valence-corrected chi connectivity index (χ0v) is 11.2. The number of amides is 1. The van der Waals surface area contributed by atoms with Crippen LogP contribution in [0.3, 0.4) is 0 Å². The number of nitrogens with zero attached hydrogens (tertiary/aromatic N) is 2. The molecule has 21 heavy (non-hydrogen) atoms. The highest BCUT2D eigenvalue weighted by Gasteiger charge is 2.06. The molecule has 1 aromatic carbocycles. The van der Waals surface area contributed by atoms with Crippen LogP contribution in [0.1, 0.15) is 10.4 Å². The molecule has 0 unspecified atom stereocenters. The van der Waals surface area contributed by atoms with Gasteiger partial charge in [-0.25, -0.2) is 0 Å². The van der Waals surface area contributed by atoms with Crippen molar-refractivity contribution in [3.05, 3.63) is 78.8 Å². The number of pyridine rings is 2. The molecule has 102 valence electrons. The smallest absolute Gasteiger partial charge is 0.257 e. The largest absolute Gasteiger partial charge is 0.322 e. The molecular weight excluding hydrogens is 262 g/mol. The van der Waals surface area contributed by atoms with Gasteiger partial charge in [-0.15, -0.1) is 0 Å². The Balaban J connectivity index is 1.83. The Labute approximate surface area is 122 Å². The van der Waals surface area contributed by atoms with Gasteiger partial charge in [0, 0.05) is 29.8 Å². The fourth-order valence-electron chi connectivity index (χ4n) is 1.99. The summed E-state index contributed by atoms with van der Waals surface area (Å²) < 4.78 is 0. The molecule has 1 N–H and O–H groups in total. The van der Waals surface area contributed by atoms with Crippen LogP contribution in [0.15, 0.2) is 73.2 Å². The Morgan fingerprint density at radius 3 is 2.67 bits per heavy atom. The number of hydrogen-bond acceptors (Lipinski definition) is 3. The maximum absolute atomic E-state index is 12.1. The van der Waals surface area contributed by atoms with Gasteiger partial charge in [0.1, 0.15) is 0 Å². The SMILES string of the molecule is O=C(Nc1cccc(-c2ccccn2)c1)c1cccnc1. The third kappa shape index (κ3) is 3.12. The molecule has 3 rings (SSSR count). The molecule has 4 nitrogen and oxygen atoms in total. The Kier molecular flexibility index (Phi) is 3.69. The molecule has 0 fully saturated rings. The predicted molar refractivity (Wildman–Crippen MR) is 81.9 cm³/mol. The minimum Gasteiger partial charge on any atom is -0.322 e. The molecule has 0 aliphatic carbocycles. The number of carbonyl (C=O) groups excluding carboxylic acids is 1. The summed E-state index contributed by atoms with van der Waals surface area (Å²) in [6.07, 6.45) is 4.92. The van der Waals surface area contributed by atoms with E-state index in [2.05, 4.69) is 15.3 Å². The van der Waals surface area contributed by atoms with Gasteiger partial charge in [0.05, 0.1) is 11.3 Å². The lowest BCUT2D eigenvalue weighted by Crippen LogP contribution is -2.11. The second-order valence-electron chi connectivity index (χ2n) is 4.49. The van der Waals surface area contributed by atoms with E-state index < -0.39 is 0 Å². The molecule has 0 bridgehead atoms. The van der Waals surface area contributed by atoms with Gasteiger partial charge in [0.2, 0.25) is 0 Å². The number of carbonyl (C=O) groups is 1. The lowest BCUT2D eigenvalue weighted by Gasteiger charge is -2.07. The summed E-state index contributed by atoms with van der Waals surface area (Å²) in [5, 5.41) is 2.86. The predicted octanol–water partition coefficient (Wildman–Crippen LogP) is 3.40. The van der Waals surface area contributed by atoms with E-state index in [0.29, 0.717) is 5.56 Å². The van der Waals surface area contributed by atoms with Crippen LogP contribution >= 0.6 is 0 Å². The number of hydrogen-bond donors (Lipinski definition) is 1. The first-order chi connectivity index (χ1) is 10.3. The van der Waals surface area contributed by atoms with Crippen molar-refractivity contribution < 1.29 is 4.79 Å². The Morgan fingerprint density at radius 1 is 0.952 bits per heavy atom. The van der Waals surface area contributed by atoms with Gasteiger partial charge in [0.15, 0.2) is 0 Å². The van der Waals surface area contributed by atoms with Crippen LogP contribution in [0.5, 0.6) is 0 Å². The second-order valence-corrected chi connectivity index (χ2v) is 4.49. The van der Waals surface area contributed by atoms with Gasteiger partial charge in [-0.3, -0.25) is 14.8 Å². The van der Waals surface area contributed by atoms with Gasteiger partial charge in [-0.2, -0.15) is 0 Å². The summed E-state index contributed by atoms with van der Waals surface area (Å²) in [6.45, 7) is 0. The van der Waals surface area contributed by atoms with E-state index in [-0.39, 0.29) is 5.91 Å². The fraction of sp³-hybridized carbons (Fsp3) is 0. The molecule has 2 aromatic heterocycles. The monoisotopic (exact) mass is 275 g/mol. The van der Waals surface area contributed by atoms with Crippen LogP contribution < -0.4 is 5.32 Å². The molecule has 2 heterocycles. The Hall–Kier alpha value is -3.01. The van der Waals surface area contributed by atoms with E-state index in [1.165, 1.54) is 6.20 Å². The van der Waals surface area contributed by atoms with Gasteiger partial charge in [-0.05, 0) is 36.4 Å². The van der Waals surface area contributed by atoms with Crippen molar-refractivity contribution in [3.8, 4) is 11.3 Å². The highest BCUT2D eigenvalue weighted by Crippen LogP contribution is 2.20. The molecule has 3 aromatic rings. The number of benzene rings is 1. The van der Waals surface area contributed by atoms with E-state index in [4.69, 9.17) is 0 Å². The third-order valence-electron chi connectivity index (χ3n) is 3.00. The summed E-state index contributed by atoms with van der Waals surface area (Å²) in [4.78, 5) is 20.3. The molecule has 0 saturated carbocycles. The molecular formula is C17H13N3O. The van der Waals surface area contributed by atoms with Crippen molar-refractivity contribution in [1.82, 2.24) is 9.97 Å². The summed E-state index contributed by atoms with van der Waals surface area (Å²) >= 11 is 0. The van der Waals surface area contributed by atoms with E-state index in [9.17, 15) is 4.79 Å². The first kappa shape index (κ1) is 13.0. The van der Waals surface area contributed by atoms with E-state index in [1.807, 2.05) is 42.5 Å². The fourth-order valence-corrected chi connectivity index (χ4v) is 1.99. The normalized spacial score (nSPS) is 10.1. The molecule has 4 heteroatoms. The number of rotatable bonds is 3. The van der Waals surface area contributed by atoms with Crippen LogP contribution in [0.25, 0.3) is 11.3 Å². The average molecular weight is 275 g/mol. The molecule has 0 atom stereocenters. The van der Waals surface area contributed by atoms with Crippen molar-refractivity contribution >= 4 is 11.6 Å². The van der Waals surface area contributed by atoms with Crippen LogP contribution in [-0.2, 0) is 0 Å². The first-order valence-corrected chi connectivity index (χ1v) is 6.56. The van der Waals surface area contributed by atoms with E-state index in [1.54, 1.807) is 24.5 Å². The standard InChI is InChI=1S/C17H13N3O/c21-17(14-6-4-9-18-12-14)20-15-7-3-5-13(11-15)16-8-1-2-10-19-16/h1-12H,(H,20,21). The van der Waals surface area contributed by atoms with Crippen LogP contribution in [-0.4, -0.2) is 15.9 Å². The van der Waals surface area contributed by atoms with Crippen molar-refractivity contribution in [3.63, 3.8) is 0 Å². The second kappa shape index (κ2) is 5.96. The van der Waals surface area contributed by atoms with Crippen LogP contribution in [0.2, 0.25) is 0 Å². The highest BCUT2D eigenvalue weighted by molar-refractivity contribution is 6.04. The third-order valence-corrected chi connectivity index (χ3v) is 3.00. The molecule has 0 radical (unpaired) electrons. The lowest BCUT2D eigenvalue weighted by atomic mass is 10.1. The van der Waals surface area contributed by atoms with Crippen LogP contribution in [0, 0.1) is 0 Å². The van der Waals surface area contributed by atoms with Crippen LogP contribution in [0.4, 0.5) is 5.69 Å². The molecule has 0 aliphatic rings. The van der Waals surface area contributed by atoms with Crippen molar-refractivity contribution in [2.45, 2.75) is 0 Å². The van der Waals surface area contributed by atoms with Crippen molar-refractivity contribution in [2.75, 3.05) is 5.32 Å². The van der Waals surface area contributed by atoms with Gasteiger partial charge in [-0.1, -0.05) is 18.2 Å². The number of nitrogens with one attached hydrogen (secondary N) is 1. The topological polar surface area (TPSA) is 54.9 Å². The first-order valence-electron chi connectivity index (χ1n) is 6.56. The number of anilines is 1. The Morgan fingerprint density at radius 2 is 1.90 bits per heavy atom. The zero-order valence-electron chi connectivity index (χ0n) is 11.2. The van der Waals surface area contributed by atoms with E-state index in [0.717, 1.165) is 16.9 Å². The maximum atomic E-state index is 12.1. The summed E-state index contributed by atoms with van der Waals surface area (Å²) in [5.41, 5.74) is 3.09. The lowest BCUT2D eigenvalue weighted by molar-refractivity contribution is 0.102. The van der Waals surface area contributed by atoms with Crippen molar-refractivity contribution in [2.24, 2.45) is 0 Å². The molecule has 0 aliphatic heterocycles. The molecule has 0 spiro atoms. The molecule has 1 amide bonds. The zero-order chi connectivity index (χ0) is 14.5. The van der Waals surface area contributed by atoms with Gasteiger partial charge >= 0.3 is 0 Å². The average Bonchev–Trinajstić information content (AvgIpc) is 2.57. The van der Waals surface area contributed by atoms with Gasteiger partial charge in [0.25, 0.3) is 5.91 Å².